The van der Waals surface area contributed by atoms with E-state index in [-0.39, 0.29) is 34.2 Å². The van der Waals surface area contributed by atoms with Crippen molar-refractivity contribution in [3.8, 4) is 5.75 Å². The Labute approximate surface area is 177 Å². The molecule has 9 nitrogen and oxygen atoms in total. The van der Waals surface area contributed by atoms with E-state index in [0.717, 1.165) is 0 Å². The zero-order valence-corrected chi connectivity index (χ0v) is 16.8. The summed E-state index contributed by atoms with van der Waals surface area (Å²) in [5.41, 5.74) is 0.541. The number of aromatic hydroxyl groups is 1. The molecule has 5 rings (SSSR count). The number of pyridine rings is 3. The molecule has 0 fully saturated rings. The summed E-state index contributed by atoms with van der Waals surface area (Å²) in [5.74, 6) is -0.465. The van der Waals surface area contributed by atoms with Crippen molar-refractivity contribution in [2.75, 3.05) is 5.32 Å². The highest BCUT2D eigenvalue weighted by atomic mass is 32.3. The van der Waals surface area contributed by atoms with Gasteiger partial charge in [0.15, 0.2) is 5.84 Å². The molecule has 0 radical (unpaired) electrons. The van der Waals surface area contributed by atoms with Crippen LogP contribution in [0.1, 0.15) is 11.3 Å². The van der Waals surface area contributed by atoms with E-state index in [1.54, 1.807) is 54.7 Å². The fraction of sp³-hybridized carbons (Fsp3) is 0.0476. The van der Waals surface area contributed by atoms with Crippen molar-refractivity contribution in [3.63, 3.8) is 0 Å². The maximum Gasteiger partial charge on any atom is 0.267 e. The summed E-state index contributed by atoms with van der Waals surface area (Å²) in [6.45, 7) is 0.112. The van der Waals surface area contributed by atoms with Crippen molar-refractivity contribution >= 4 is 33.3 Å². The average molecular weight is 435 g/mol. The number of nitrogens with zero attached hydrogens (tertiary/aromatic N) is 4. The summed E-state index contributed by atoms with van der Waals surface area (Å²) < 4.78 is 26.5. The monoisotopic (exact) mass is 435 g/mol. The maximum atomic E-state index is 13.5. The lowest BCUT2D eigenvalue weighted by atomic mass is 10.1. The number of hydrogen-bond donors (Lipinski definition) is 4. The van der Waals surface area contributed by atoms with Gasteiger partial charge in [-0.1, -0.05) is 29.0 Å². The molecule has 0 spiro atoms. The van der Waals surface area contributed by atoms with Gasteiger partial charge in [0.2, 0.25) is 0 Å². The molecule has 1 aromatic carbocycles. The number of amidine groups is 1. The minimum atomic E-state index is -3.56. The first-order chi connectivity index (χ1) is 15.0. The smallest absolute Gasteiger partial charge is 0.267 e. The number of benzene rings is 1. The van der Waals surface area contributed by atoms with Gasteiger partial charge >= 0.3 is 0 Å². The first-order valence-corrected chi connectivity index (χ1v) is 10.8. The number of anilines is 1. The number of para-hydroxylation sites is 1. The highest BCUT2D eigenvalue weighted by Gasteiger charge is 2.30. The summed E-state index contributed by atoms with van der Waals surface area (Å²) in [6, 6.07) is 15.2. The second-order valence-electron chi connectivity index (χ2n) is 6.89. The summed E-state index contributed by atoms with van der Waals surface area (Å²) in [6.07, 6.45) is 3.15. The van der Waals surface area contributed by atoms with Gasteiger partial charge in [-0.15, -0.1) is 4.40 Å². The zero-order chi connectivity index (χ0) is 21.6. The molecule has 0 amide bonds. The second-order valence-corrected chi connectivity index (χ2v) is 8.55. The lowest BCUT2D eigenvalue weighted by molar-refractivity contribution is 0.477. The molecule has 1 aliphatic heterocycles. The van der Waals surface area contributed by atoms with Crippen molar-refractivity contribution in [1.29, 1.82) is 0 Å². The highest BCUT2D eigenvalue weighted by molar-refractivity contribution is 8.23. The Hall–Kier alpha value is -3.73. The molecule has 4 N–H and O–H groups in total. The van der Waals surface area contributed by atoms with Crippen LogP contribution in [0.2, 0.25) is 0 Å². The molecule has 4 aromatic rings. The largest absolute Gasteiger partial charge is 0.506 e. The molecule has 3 aromatic heterocycles. The van der Waals surface area contributed by atoms with E-state index in [0.29, 0.717) is 16.8 Å². The molecule has 0 unspecified atom stereocenters. The Morgan fingerprint density at radius 3 is 2.55 bits per heavy atom. The van der Waals surface area contributed by atoms with E-state index >= 15 is 0 Å². The molecule has 0 saturated heterocycles. The van der Waals surface area contributed by atoms with Gasteiger partial charge < -0.3 is 10.4 Å². The lowest BCUT2D eigenvalue weighted by Crippen LogP contribution is -2.32. The van der Waals surface area contributed by atoms with Crippen LogP contribution in [0.3, 0.4) is 0 Å². The van der Waals surface area contributed by atoms with Crippen LogP contribution in [0.15, 0.2) is 81.1 Å². The van der Waals surface area contributed by atoms with E-state index < -0.39 is 16.3 Å². The third-order valence-electron chi connectivity index (χ3n) is 4.93. The first kappa shape index (κ1) is 19.2. The van der Waals surface area contributed by atoms with E-state index in [4.69, 9.17) is 0 Å². The molecular weight excluding hydrogens is 418 g/mol. The second kappa shape index (κ2) is 7.20. The van der Waals surface area contributed by atoms with Gasteiger partial charge in [0, 0.05) is 12.4 Å². The van der Waals surface area contributed by atoms with E-state index in [1.165, 1.54) is 10.8 Å². The van der Waals surface area contributed by atoms with Crippen molar-refractivity contribution in [1.82, 2.24) is 14.5 Å². The van der Waals surface area contributed by atoms with Crippen molar-refractivity contribution in [2.24, 2.45) is 4.40 Å². The number of aromatic nitrogens is 3. The van der Waals surface area contributed by atoms with Gasteiger partial charge in [-0.3, -0.25) is 23.5 Å². The van der Waals surface area contributed by atoms with Crippen LogP contribution in [0.4, 0.5) is 5.69 Å². The summed E-state index contributed by atoms with van der Waals surface area (Å²) in [4.78, 5) is 22.2. The normalized spacial score (nSPS) is 15.6. The molecule has 0 atom stereocenters. The predicted molar refractivity (Wildman–Crippen MR) is 119 cm³/mol. The molecule has 0 aliphatic carbocycles. The Morgan fingerprint density at radius 1 is 0.968 bits per heavy atom. The summed E-state index contributed by atoms with van der Waals surface area (Å²) in [7, 11) is -3.56. The predicted octanol–water partition coefficient (Wildman–Crippen LogP) is 3.44. The molecular formula is C21H17N5O4S. The van der Waals surface area contributed by atoms with Crippen LogP contribution in [-0.2, 0) is 6.54 Å². The minimum Gasteiger partial charge on any atom is -0.506 e. The number of rotatable bonds is 3. The third-order valence-corrected chi connectivity index (χ3v) is 6.31. The first-order valence-electron chi connectivity index (χ1n) is 9.31. The van der Waals surface area contributed by atoms with Gasteiger partial charge in [0.25, 0.3) is 5.56 Å². The quantitative estimate of drug-likeness (QED) is 0.387. The maximum absolute atomic E-state index is 13.5. The topological polar surface area (TPSA) is 133 Å². The Kier molecular flexibility index (Phi) is 4.47. The lowest BCUT2D eigenvalue weighted by Gasteiger charge is -2.34. The molecule has 1 aliphatic rings. The Morgan fingerprint density at radius 2 is 1.74 bits per heavy atom. The van der Waals surface area contributed by atoms with Crippen LogP contribution in [0.25, 0.3) is 11.0 Å². The fourth-order valence-corrected chi connectivity index (χ4v) is 4.69. The fourth-order valence-electron chi connectivity index (χ4n) is 3.52. The van der Waals surface area contributed by atoms with Gasteiger partial charge in [0.05, 0.1) is 23.3 Å². The van der Waals surface area contributed by atoms with Crippen LogP contribution in [0.5, 0.6) is 5.75 Å². The van der Waals surface area contributed by atoms with Crippen LogP contribution in [-0.4, -0.2) is 34.6 Å². The summed E-state index contributed by atoms with van der Waals surface area (Å²) in [5, 5.41) is 14.2. The van der Waals surface area contributed by atoms with Gasteiger partial charge in [0.1, 0.15) is 21.9 Å². The van der Waals surface area contributed by atoms with Gasteiger partial charge in [-0.2, -0.15) is 0 Å². The Balaban J connectivity index is 1.75. The highest BCUT2D eigenvalue weighted by Crippen LogP contribution is 2.55. The van der Waals surface area contributed by atoms with E-state index in [2.05, 4.69) is 19.7 Å². The number of fused-ring (bicyclic) bond motifs is 2. The van der Waals surface area contributed by atoms with Gasteiger partial charge in [-0.05, 0) is 36.4 Å². The summed E-state index contributed by atoms with van der Waals surface area (Å²) >= 11 is 0. The van der Waals surface area contributed by atoms with Crippen LogP contribution >= 0.6 is 10.8 Å². The van der Waals surface area contributed by atoms with E-state index in [1.807, 2.05) is 6.07 Å². The average Bonchev–Trinajstić information content (AvgIpc) is 2.77. The van der Waals surface area contributed by atoms with E-state index in [9.17, 15) is 19.0 Å². The van der Waals surface area contributed by atoms with Crippen molar-refractivity contribution in [2.45, 2.75) is 11.4 Å². The van der Waals surface area contributed by atoms with Crippen molar-refractivity contribution < 1.29 is 14.2 Å². The number of nitrogens with one attached hydrogen (secondary N) is 1. The molecule has 31 heavy (non-hydrogen) atoms. The Bertz CT molecular complexity index is 1400. The zero-order valence-electron chi connectivity index (χ0n) is 16.0. The van der Waals surface area contributed by atoms with Gasteiger partial charge in [-0.25, -0.2) is 4.98 Å². The molecule has 4 heterocycles. The standard InChI is InChI=1S/C21H17N5O4S/c27-18-14-7-5-11-23-20(14)26(12-13-6-3-4-10-22-13)21(28)17(18)19-24-15-8-1-2-9-16(15)31(29,30)25-19/h1-11,27,29-30H,12H2,(H,24,25). The molecule has 10 heteroatoms. The SMILES string of the molecule is O=c1c(C2=NS(O)(O)c3ccccc3N2)c(O)c2cccnc2n1Cc1ccccn1. The van der Waals surface area contributed by atoms with Crippen LogP contribution in [0, 0.1) is 0 Å². The molecule has 156 valence electrons. The van der Waals surface area contributed by atoms with Crippen LogP contribution < -0.4 is 10.9 Å². The third kappa shape index (κ3) is 3.22. The minimum absolute atomic E-state index is 0.112. The van der Waals surface area contributed by atoms with Crippen molar-refractivity contribution in [3.05, 3.63) is 88.6 Å². The number of hydrogen-bond acceptors (Lipinski definition) is 8. The molecule has 0 saturated carbocycles. The molecule has 0 bridgehead atoms.